The fourth-order valence-electron chi connectivity index (χ4n) is 2.23. The minimum atomic E-state index is -0.178. The van der Waals surface area contributed by atoms with Crippen LogP contribution in [0.2, 0.25) is 0 Å². The van der Waals surface area contributed by atoms with Gasteiger partial charge >= 0.3 is 0 Å². The maximum absolute atomic E-state index is 14.5. The Morgan fingerprint density at radius 2 is 1.58 bits per heavy atom. The summed E-state index contributed by atoms with van der Waals surface area (Å²) in [6.07, 6.45) is 0. The molecule has 19 heavy (non-hydrogen) atoms. The Morgan fingerprint density at radius 1 is 0.842 bits per heavy atom. The molecule has 0 bridgehead atoms. The summed E-state index contributed by atoms with van der Waals surface area (Å²) in [5.41, 5.74) is 1.46. The number of ether oxygens (including phenoxy) is 1. The SMILES string of the molecule is COc1ccc(-c2ccc3ccccc3c2F)cc1. The predicted molar refractivity (Wildman–Crippen MR) is 75.9 cm³/mol. The number of fused-ring (bicyclic) bond motifs is 1. The summed E-state index contributed by atoms with van der Waals surface area (Å²) in [6.45, 7) is 0. The number of benzene rings is 3. The van der Waals surface area contributed by atoms with Crippen molar-refractivity contribution in [1.82, 2.24) is 0 Å². The van der Waals surface area contributed by atoms with Gasteiger partial charge < -0.3 is 4.74 Å². The molecular weight excluding hydrogens is 239 g/mol. The van der Waals surface area contributed by atoms with Gasteiger partial charge in [0, 0.05) is 10.9 Å². The Bertz CT molecular complexity index is 717. The van der Waals surface area contributed by atoms with Gasteiger partial charge in [0.2, 0.25) is 0 Å². The summed E-state index contributed by atoms with van der Waals surface area (Å²) in [5.74, 6) is 0.591. The number of rotatable bonds is 2. The fraction of sp³-hybridized carbons (Fsp3) is 0.0588. The Hall–Kier alpha value is -2.35. The van der Waals surface area contributed by atoms with Crippen LogP contribution in [0.15, 0.2) is 60.7 Å². The Balaban J connectivity index is 2.16. The van der Waals surface area contributed by atoms with Crippen molar-refractivity contribution in [3.63, 3.8) is 0 Å². The van der Waals surface area contributed by atoms with Crippen LogP contribution in [-0.2, 0) is 0 Å². The zero-order chi connectivity index (χ0) is 13.2. The molecular formula is C17H13FO. The van der Waals surface area contributed by atoms with E-state index in [1.807, 2.05) is 54.6 Å². The van der Waals surface area contributed by atoms with Crippen LogP contribution in [0.3, 0.4) is 0 Å². The Morgan fingerprint density at radius 3 is 2.32 bits per heavy atom. The summed E-state index contributed by atoms with van der Waals surface area (Å²) in [6, 6.07) is 18.6. The molecule has 0 N–H and O–H groups in total. The second-order valence-corrected chi connectivity index (χ2v) is 4.38. The normalized spacial score (nSPS) is 10.6. The molecule has 0 unspecified atom stereocenters. The third-order valence-electron chi connectivity index (χ3n) is 3.26. The van der Waals surface area contributed by atoms with Crippen molar-refractivity contribution < 1.29 is 9.13 Å². The van der Waals surface area contributed by atoms with Gasteiger partial charge in [0.1, 0.15) is 11.6 Å². The van der Waals surface area contributed by atoms with Crippen molar-refractivity contribution in [1.29, 1.82) is 0 Å². The monoisotopic (exact) mass is 252 g/mol. The minimum Gasteiger partial charge on any atom is -0.497 e. The lowest BCUT2D eigenvalue weighted by Crippen LogP contribution is -1.87. The van der Waals surface area contributed by atoms with Gasteiger partial charge in [0.25, 0.3) is 0 Å². The van der Waals surface area contributed by atoms with E-state index in [0.29, 0.717) is 10.9 Å². The van der Waals surface area contributed by atoms with Crippen LogP contribution in [0.25, 0.3) is 21.9 Å². The van der Waals surface area contributed by atoms with Gasteiger partial charge in [-0.1, -0.05) is 48.5 Å². The smallest absolute Gasteiger partial charge is 0.138 e. The molecule has 94 valence electrons. The number of halogens is 1. The van der Waals surface area contributed by atoms with E-state index in [0.717, 1.165) is 16.7 Å². The van der Waals surface area contributed by atoms with E-state index >= 15 is 0 Å². The lowest BCUT2D eigenvalue weighted by atomic mass is 10.0. The largest absolute Gasteiger partial charge is 0.497 e. The second-order valence-electron chi connectivity index (χ2n) is 4.38. The molecule has 0 saturated heterocycles. The van der Waals surface area contributed by atoms with Crippen molar-refractivity contribution in [2.24, 2.45) is 0 Å². The lowest BCUT2D eigenvalue weighted by Gasteiger charge is -2.07. The van der Waals surface area contributed by atoms with Crippen LogP contribution in [0.5, 0.6) is 5.75 Å². The summed E-state index contributed by atoms with van der Waals surface area (Å²) >= 11 is 0. The molecule has 0 heterocycles. The summed E-state index contributed by atoms with van der Waals surface area (Å²) in [5, 5.41) is 1.56. The van der Waals surface area contributed by atoms with Crippen LogP contribution in [0, 0.1) is 5.82 Å². The highest BCUT2D eigenvalue weighted by Gasteiger charge is 2.08. The molecule has 0 aliphatic carbocycles. The summed E-state index contributed by atoms with van der Waals surface area (Å²) < 4.78 is 19.6. The fourth-order valence-corrected chi connectivity index (χ4v) is 2.23. The summed E-state index contributed by atoms with van der Waals surface area (Å²) in [7, 11) is 1.62. The van der Waals surface area contributed by atoms with Crippen molar-refractivity contribution in [3.05, 3.63) is 66.5 Å². The van der Waals surface area contributed by atoms with E-state index in [-0.39, 0.29) is 5.82 Å². The van der Waals surface area contributed by atoms with Gasteiger partial charge in [-0.15, -0.1) is 0 Å². The first-order valence-corrected chi connectivity index (χ1v) is 6.11. The molecule has 0 radical (unpaired) electrons. The topological polar surface area (TPSA) is 9.23 Å². The van der Waals surface area contributed by atoms with Crippen molar-refractivity contribution in [3.8, 4) is 16.9 Å². The third kappa shape index (κ3) is 2.06. The number of methoxy groups -OCH3 is 1. The van der Waals surface area contributed by atoms with Gasteiger partial charge in [0.05, 0.1) is 7.11 Å². The van der Waals surface area contributed by atoms with E-state index < -0.39 is 0 Å². The molecule has 0 aromatic heterocycles. The van der Waals surface area contributed by atoms with Crippen LogP contribution in [-0.4, -0.2) is 7.11 Å². The molecule has 0 atom stereocenters. The van der Waals surface area contributed by atoms with Crippen LogP contribution in [0.1, 0.15) is 0 Å². The van der Waals surface area contributed by atoms with Gasteiger partial charge in [0.15, 0.2) is 0 Å². The maximum Gasteiger partial charge on any atom is 0.138 e. The van der Waals surface area contributed by atoms with E-state index in [1.54, 1.807) is 13.2 Å². The lowest BCUT2D eigenvalue weighted by molar-refractivity contribution is 0.415. The van der Waals surface area contributed by atoms with E-state index in [4.69, 9.17) is 4.74 Å². The van der Waals surface area contributed by atoms with Gasteiger partial charge in [-0.25, -0.2) is 4.39 Å². The Kier molecular flexibility index (Phi) is 2.92. The Labute approximate surface area is 111 Å². The van der Waals surface area contributed by atoms with Crippen LogP contribution < -0.4 is 4.74 Å². The number of hydrogen-bond acceptors (Lipinski definition) is 1. The highest BCUT2D eigenvalue weighted by molar-refractivity contribution is 5.88. The average molecular weight is 252 g/mol. The zero-order valence-electron chi connectivity index (χ0n) is 10.6. The quantitative estimate of drug-likeness (QED) is 0.644. The molecule has 0 aliphatic heterocycles. The molecule has 3 aromatic carbocycles. The molecule has 0 spiro atoms. The first kappa shape index (κ1) is 11.7. The number of hydrogen-bond donors (Lipinski definition) is 0. The van der Waals surface area contributed by atoms with Crippen LogP contribution in [0.4, 0.5) is 4.39 Å². The molecule has 2 heteroatoms. The minimum absolute atomic E-state index is 0.178. The first-order valence-electron chi connectivity index (χ1n) is 6.11. The highest BCUT2D eigenvalue weighted by atomic mass is 19.1. The van der Waals surface area contributed by atoms with E-state index in [1.165, 1.54) is 0 Å². The van der Waals surface area contributed by atoms with Crippen LogP contribution >= 0.6 is 0 Å². The molecule has 0 saturated carbocycles. The third-order valence-corrected chi connectivity index (χ3v) is 3.26. The van der Waals surface area contributed by atoms with Crippen molar-refractivity contribution >= 4 is 10.8 Å². The van der Waals surface area contributed by atoms with Gasteiger partial charge in [-0.05, 0) is 23.1 Å². The highest BCUT2D eigenvalue weighted by Crippen LogP contribution is 2.29. The van der Waals surface area contributed by atoms with Gasteiger partial charge in [-0.3, -0.25) is 0 Å². The van der Waals surface area contributed by atoms with E-state index in [9.17, 15) is 4.39 Å². The average Bonchev–Trinajstić information content (AvgIpc) is 2.48. The molecule has 3 aromatic rings. The van der Waals surface area contributed by atoms with Crippen molar-refractivity contribution in [2.75, 3.05) is 7.11 Å². The maximum atomic E-state index is 14.5. The molecule has 1 nitrogen and oxygen atoms in total. The molecule has 0 amide bonds. The van der Waals surface area contributed by atoms with Crippen molar-refractivity contribution in [2.45, 2.75) is 0 Å². The standard InChI is InChI=1S/C17H13FO/c1-19-14-9-6-13(7-10-14)16-11-8-12-4-2-3-5-15(12)17(16)18/h2-11H,1H3. The van der Waals surface area contributed by atoms with E-state index in [2.05, 4.69) is 0 Å². The second kappa shape index (κ2) is 4.73. The van der Waals surface area contributed by atoms with Gasteiger partial charge in [-0.2, -0.15) is 0 Å². The summed E-state index contributed by atoms with van der Waals surface area (Å²) in [4.78, 5) is 0. The first-order chi connectivity index (χ1) is 9.29. The zero-order valence-corrected chi connectivity index (χ0v) is 10.6. The molecule has 0 aliphatic rings. The molecule has 3 rings (SSSR count). The molecule has 0 fully saturated rings. The predicted octanol–water partition coefficient (Wildman–Crippen LogP) is 4.65.